The fraction of sp³-hybridized carbons (Fsp3) is 0.500. The molecule has 0 spiro atoms. The molecule has 1 saturated heterocycles. The molecule has 1 aliphatic heterocycles. The van der Waals surface area contributed by atoms with Gasteiger partial charge in [0.1, 0.15) is 0 Å². The van der Waals surface area contributed by atoms with Crippen molar-refractivity contribution in [1.29, 1.82) is 0 Å². The maximum atomic E-state index is 12.5. The Morgan fingerprint density at radius 2 is 2.10 bits per heavy atom. The standard InChI is InChI=1S/C16H21NO4/c1-12(13-5-3-2-4-6-13)9-15(18)17-7-8-21-11-14(17)10-16(19)20/h2-6,12,14H,7-11H2,1H3,(H,19,20). The summed E-state index contributed by atoms with van der Waals surface area (Å²) < 4.78 is 5.30. The third kappa shape index (κ3) is 4.29. The van der Waals surface area contributed by atoms with Crippen LogP contribution in [0.15, 0.2) is 30.3 Å². The Balaban J connectivity index is 1.98. The highest BCUT2D eigenvalue weighted by atomic mass is 16.5. The summed E-state index contributed by atoms with van der Waals surface area (Å²) in [6.07, 6.45) is 0.325. The van der Waals surface area contributed by atoms with E-state index >= 15 is 0 Å². The van der Waals surface area contributed by atoms with Crippen LogP contribution in [0, 0.1) is 0 Å². The second kappa shape index (κ2) is 7.22. The van der Waals surface area contributed by atoms with Crippen molar-refractivity contribution in [2.24, 2.45) is 0 Å². The molecule has 0 bridgehead atoms. The van der Waals surface area contributed by atoms with Gasteiger partial charge in [0, 0.05) is 13.0 Å². The van der Waals surface area contributed by atoms with Crippen molar-refractivity contribution < 1.29 is 19.4 Å². The minimum absolute atomic E-state index is 0.000836. The van der Waals surface area contributed by atoms with Gasteiger partial charge in [0.15, 0.2) is 0 Å². The number of rotatable bonds is 5. The summed E-state index contributed by atoms with van der Waals surface area (Å²) in [6, 6.07) is 9.52. The molecule has 0 aromatic heterocycles. The SMILES string of the molecule is CC(CC(=O)N1CCOCC1CC(=O)O)c1ccccc1. The first-order chi connectivity index (χ1) is 10.1. The van der Waals surface area contributed by atoms with Crippen LogP contribution >= 0.6 is 0 Å². The molecule has 1 aromatic carbocycles. The minimum Gasteiger partial charge on any atom is -0.481 e. The molecule has 5 heteroatoms. The van der Waals surface area contributed by atoms with Crippen LogP contribution in [0.4, 0.5) is 0 Å². The van der Waals surface area contributed by atoms with E-state index in [2.05, 4.69) is 0 Å². The lowest BCUT2D eigenvalue weighted by atomic mass is 9.96. The average molecular weight is 291 g/mol. The van der Waals surface area contributed by atoms with Gasteiger partial charge in [-0.3, -0.25) is 9.59 Å². The second-order valence-corrected chi connectivity index (χ2v) is 5.43. The molecule has 1 fully saturated rings. The van der Waals surface area contributed by atoms with Gasteiger partial charge in [-0.05, 0) is 11.5 Å². The first kappa shape index (κ1) is 15.5. The van der Waals surface area contributed by atoms with Gasteiger partial charge in [0.2, 0.25) is 5.91 Å². The zero-order chi connectivity index (χ0) is 15.2. The number of benzene rings is 1. The summed E-state index contributed by atoms with van der Waals surface area (Å²) >= 11 is 0. The topological polar surface area (TPSA) is 66.8 Å². The van der Waals surface area contributed by atoms with Crippen molar-refractivity contribution >= 4 is 11.9 Å². The maximum Gasteiger partial charge on any atom is 0.305 e. The van der Waals surface area contributed by atoms with Gasteiger partial charge >= 0.3 is 5.97 Å². The van der Waals surface area contributed by atoms with Crippen molar-refractivity contribution in [2.45, 2.75) is 31.7 Å². The summed E-state index contributed by atoms with van der Waals surface area (Å²) in [5, 5.41) is 8.93. The van der Waals surface area contributed by atoms with E-state index in [1.807, 2.05) is 37.3 Å². The van der Waals surface area contributed by atoms with Crippen molar-refractivity contribution in [2.75, 3.05) is 19.8 Å². The van der Waals surface area contributed by atoms with Gasteiger partial charge in [-0.1, -0.05) is 37.3 Å². The van der Waals surface area contributed by atoms with E-state index in [4.69, 9.17) is 9.84 Å². The van der Waals surface area contributed by atoms with E-state index in [1.165, 1.54) is 0 Å². The zero-order valence-corrected chi connectivity index (χ0v) is 12.2. The van der Waals surface area contributed by atoms with Crippen molar-refractivity contribution in [1.82, 2.24) is 4.90 Å². The van der Waals surface area contributed by atoms with Gasteiger partial charge in [-0.25, -0.2) is 0 Å². The molecule has 2 rings (SSSR count). The quantitative estimate of drug-likeness (QED) is 0.899. The fourth-order valence-corrected chi connectivity index (χ4v) is 2.63. The number of nitrogens with zero attached hydrogens (tertiary/aromatic N) is 1. The average Bonchev–Trinajstić information content (AvgIpc) is 2.48. The Kier molecular flexibility index (Phi) is 5.33. The molecule has 2 unspecified atom stereocenters. The van der Waals surface area contributed by atoms with Crippen molar-refractivity contribution in [3.8, 4) is 0 Å². The molecular weight excluding hydrogens is 270 g/mol. The largest absolute Gasteiger partial charge is 0.481 e. The molecular formula is C16H21NO4. The van der Waals surface area contributed by atoms with Gasteiger partial charge in [0.25, 0.3) is 0 Å². The molecule has 0 saturated carbocycles. The number of morpholine rings is 1. The molecule has 21 heavy (non-hydrogen) atoms. The van der Waals surface area contributed by atoms with Crippen LogP contribution in [0.25, 0.3) is 0 Å². The molecule has 1 aliphatic rings. The highest BCUT2D eigenvalue weighted by Gasteiger charge is 2.29. The number of carbonyl (C=O) groups excluding carboxylic acids is 1. The second-order valence-electron chi connectivity index (χ2n) is 5.43. The first-order valence-corrected chi connectivity index (χ1v) is 7.22. The molecule has 1 heterocycles. The molecule has 5 nitrogen and oxygen atoms in total. The molecule has 0 radical (unpaired) electrons. The molecule has 114 valence electrons. The normalized spacial score (nSPS) is 20.0. The van der Waals surface area contributed by atoms with Crippen LogP contribution in [0.3, 0.4) is 0 Å². The van der Waals surface area contributed by atoms with Crippen LogP contribution < -0.4 is 0 Å². The van der Waals surface area contributed by atoms with Crippen LogP contribution in [0.2, 0.25) is 0 Å². The maximum absolute atomic E-state index is 12.5. The molecule has 1 N–H and O–H groups in total. The number of ether oxygens (including phenoxy) is 1. The van der Waals surface area contributed by atoms with Crippen LogP contribution in [-0.2, 0) is 14.3 Å². The van der Waals surface area contributed by atoms with E-state index < -0.39 is 5.97 Å². The molecule has 0 aliphatic carbocycles. The van der Waals surface area contributed by atoms with Crippen LogP contribution in [0.5, 0.6) is 0 Å². The van der Waals surface area contributed by atoms with Gasteiger partial charge in [-0.15, -0.1) is 0 Å². The van der Waals surface area contributed by atoms with Crippen LogP contribution in [0.1, 0.15) is 31.2 Å². The fourth-order valence-electron chi connectivity index (χ4n) is 2.63. The van der Waals surface area contributed by atoms with Crippen molar-refractivity contribution in [3.05, 3.63) is 35.9 Å². The minimum atomic E-state index is -0.903. The lowest BCUT2D eigenvalue weighted by molar-refractivity contribution is -0.146. The Hall–Kier alpha value is -1.88. The monoisotopic (exact) mass is 291 g/mol. The summed E-state index contributed by atoms with van der Waals surface area (Å²) in [5.41, 5.74) is 1.12. The number of hydrogen-bond donors (Lipinski definition) is 1. The lowest BCUT2D eigenvalue weighted by Crippen LogP contribution is -2.49. The molecule has 1 amide bonds. The number of amides is 1. The zero-order valence-electron chi connectivity index (χ0n) is 12.2. The highest BCUT2D eigenvalue weighted by Crippen LogP contribution is 2.21. The summed E-state index contributed by atoms with van der Waals surface area (Å²) in [7, 11) is 0. The predicted molar refractivity (Wildman–Crippen MR) is 78.0 cm³/mol. The van der Waals surface area contributed by atoms with E-state index in [-0.39, 0.29) is 24.3 Å². The summed E-state index contributed by atoms with van der Waals surface area (Å²) in [6.45, 7) is 3.26. The predicted octanol–water partition coefficient (Wildman–Crippen LogP) is 1.88. The number of hydrogen-bond acceptors (Lipinski definition) is 3. The highest BCUT2D eigenvalue weighted by molar-refractivity contribution is 5.78. The van der Waals surface area contributed by atoms with E-state index in [9.17, 15) is 9.59 Å². The van der Waals surface area contributed by atoms with E-state index in [1.54, 1.807) is 4.90 Å². The third-order valence-corrected chi connectivity index (χ3v) is 3.81. The summed E-state index contributed by atoms with van der Waals surface area (Å²) in [4.78, 5) is 25.0. The number of carboxylic acid groups (broad SMARTS) is 1. The summed E-state index contributed by atoms with van der Waals surface area (Å²) in [5.74, 6) is -0.785. The molecule has 2 atom stereocenters. The first-order valence-electron chi connectivity index (χ1n) is 7.22. The molecule has 1 aromatic rings. The number of aliphatic carboxylic acids is 1. The Morgan fingerprint density at radius 3 is 2.76 bits per heavy atom. The van der Waals surface area contributed by atoms with Gasteiger partial charge in [0.05, 0.1) is 25.7 Å². The van der Waals surface area contributed by atoms with Gasteiger partial charge < -0.3 is 14.7 Å². The number of carbonyl (C=O) groups is 2. The lowest BCUT2D eigenvalue weighted by Gasteiger charge is -2.35. The van der Waals surface area contributed by atoms with E-state index in [0.29, 0.717) is 26.2 Å². The van der Waals surface area contributed by atoms with Gasteiger partial charge in [-0.2, -0.15) is 0 Å². The Morgan fingerprint density at radius 1 is 1.38 bits per heavy atom. The Labute approximate surface area is 124 Å². The van der Waals surface area contributed by atoms with Crippen LogP contribution in [-0.4, -0.2) is 47.7 Å². The van der Waals surface area contributed by atoms with E-state index in [0.717, 1.165) is 5.56 Å². The Bertz CT molecular complexity index is 488. The number of carboxylic acids is 1. The van der Waals surface area contributed by atoms with Crippen molar-refractivity contribution in [3.63, 3.8) is 0 Å². The smallest absolute Gasteiger partial charge is 0.305 e. The third-order valence-electron chi connectivity index (χ3n) is 3.81.